The van der Waals surface area contributed by atoms with Crippen molar-refractivity contribution in [3.8, 4) is 0 Å². The van der Waals surface area contributed by atoms with Gasteiger partial charge in [0, 0.05) is 0 Å². The van der Waals surface area contributed by atoms with Crippen molar-refractivity contribution in [3.05, 3.63) is 0 Å². The molecule has 0 saturated carbocycles. The molecule has 0 aromatic rings. The van der Waals surface area contributed by atoms with Gasteiger partial charge in [-0.1, -0.05) is 41.5 Å². The van der Waals surface area contributed by atoms with Gasteiger partial charge >= 0.3 is 0 Å². The Morgan fingerprint density at radius 1 is 0.667 bits per heavy atom. The zero-order valence-corrected chi connectivity index (χ0v) is 8.50. The summed E-state index contributed by atoms with van der Waals surface area (Å²) in [4.78, 5) is 0. The van der Waals surface area contributed by atoms with E-state index >= 15 is 0 Å². The van der Waals surface area contributed by atoms with Gasteiger partial charge in [-0.25, -0.2) is 0 Å². The van der Waals surface area contributed by atoms with Crippen LogP contribution in [0, 0.1) is 0 Å². The Kier molecular flexibility index (Phi) is 2.51. The summed E-state index contributed by atoms with van der Waals surface area (Å²) < 4.78 is 0. The summed E-state index contributed by atoms with van der Waals surface area (Å²) in [7, 11) is 1.05. The summed E-state index contributed by atoms with van der Waals surface area (Å²) >= 11 is 0. The highest BCUT2D eigenvalue weighted by atomic mass is 28.2. The third-order valence-electron chi connectivity index (χ3n) is 0.750. The van der Waals surface area contributed by atoms with E-state index in [1.54, 1.807) is 0 Å². The first-order valence-electron chi connectivity index (χ1n) is 3.50. The average Bonchev–Trinajstić information content (AvgIpc) is 1.14. The molecule has 0 aromatic carbocycles. The molecule has 55 valence electrons. The van der Waals surface area contributed by atoms with Crippen LogP contribution in [-0.2, 0) is 0 Å². The normalized spacial score (nSPS) is 14.0. The molecular weight excluding hydrogens is 124 g/mol. The molecule has 0 amide bonds. The molecule has 0 N–H and O–H groups in total. The quantitative estimate of drug-likeness (QED) is 0.456. The first-order valence-corrected chi connectivity index (χ1v) is 4.50. The summed E-state index contributed by atoms with van der Waals surface area (Å²) in [5, 5.41) is 1.02. The molecule has 0 atom stereocenters. The van der Waals surface area contributed by atoms with Gasteiger partial charge in [0.25, 0.3) is 0 Å². The lowest BCUT2D eigenvalue weighted by molar-refractivity contribution is 0.668. The van der Waals surface area contributed by atoms with Gasteiger partial charge in [-0.2, -0.15) is 10.1 Å². The van der Waals surface area contributed by atoms with E-state index in [-0.39, 0.29) is 0 Å². The lowest BCUT2D eigenvalue weighted by Gasteiger charge is -2.45. The maximum atomic E-state index is 2.30. The molecule has 0 aromatic heterocycles. The second-order valence-corrected chi connectivity index (χ2v) is 7.88. The SMILES string of the molecule is CC(C)(C)[Si-]C(C)(C)C. The molecule has 0 bridgehead atoms. The average molecular weight is 142 g/mol. The van der Waals surface area contributed by atoms with Gasteiger partial charge in [0.1, 0.15) is 0 Å². The molecule has 0 spiro atoms. The third kappa shape index (κ3) is 8.22. The Morgan fingerprint density at radius 2 is 0.889 bits per heavy atom. The standard InChI is InChI=1S/C8H18Si/c1-7(2,3)9-8(4,5)6/h1-6H3/q-1. The van der Waals surface area contributed by atoms with E-state index in [1.807, 2.05) is 0 Å². The Bertz CT molecular complexity index is 69.7. The van der Waals surface area contributed by atoms with Crippen molar-refractivity contribution in [3.63, 3.8) is 0 Å². The molecule has 0 nitrogen and oxygen atoms in total. The lowest BCUT2D eigenvalue weighted by Crippen LogP contribution is -2.18. The molecule has 0 fully saturated rings. The van der Waals surface area contributed by atoms with E-state index < -0.39 is 0 Å². The molecule has 0 aliphatic carbocycles. The largest absolute Gasteiger partial charge is 0.415 e. The summed E-state index contributed by atoms with van der Waals surface area (Å²) in [6.07, 6.45) is 0. The monoisotopic (exact) mass is 142 g/mol. The molecular formula is C8H18Si-. The fourth-order valence-electron chi connectivity index (χ4n) is 1.12. The van der Waals surface area contributed by atoms with E-state index in [1.165, 1.54) is 0 Å². The number of rotatable bonds is 0. The summed E-state index contributed by atoms with van der Waals surface area (Å²) in [6, 6.07) is 0. The molecule has 0 unspecified atom stereocenters. The van der Waals surface area contributed by atoms with Crippen molar-refractivity contribution in [2.75, 3.05) is 0 Å². The fraction of sp³-hybridized carbons (Fsp3) is 1.00. The van der Waals surface area contributed by atoms with Crippen LogP contribution in [0.2, 0.25) is 10.1 Å². The predicted octanol–water partition coefficient (Wildman–Crippen LogP) is 3.13. The van der Waals surface area contributed by atoms with E-state index in [4.69, 9.17) is 0 Å². The maximum absolute atomic E-state index is 2.30. The van der Waals surface area contributed by atoms with Crippen molar-refractivity contribution < 1.29 is 0 Å². The molecule has 9 heavy (non-hydrogen) atoms. The summed E-state index contributed by atoms with van der Waals surface area (Å²) in [5.41, 5.74) is 0. The molecule has 1 heteroatoms. The van der Waals surface area contributed by atoms with Crippen LogP contribution < -0.4 is 0 Å². The van der Waals surface area contributed by atoms with Gasteiger partial charge in [0.15, 0.2) is 0 Å². The van der Waals surface area contributed by atoms with Crippen LogP contribution in [0.15, 0.2) is 0 Å². The third-order valence-corrected chi connectivity index (χ3v) is 2.25. The minimum Gasteiger partial charge on any atom is -0.415 e. The highest BCUT2D eigenvalue weighted by Crippen LogP contribution is 2.33. The topological polar surface area (TPSA) is 0 Å². The summed E-state index contributed by atoms with van der Waals surface area (Å²) in [6.45, 7) is 13.8. The van der Waals surface area contributed by atoms with Gasteiger partial charge in [-0.3, -0.25) is 0 Å². The smallest absolute Gasteiger partial charge is 0.0931 e. The van der Waals surface area contributed by atoms with Crippen molar-refractivity contribution in [1.82, 2.24) is 0 Å². The van der Waals surface area contributed by atoms with Crippen molar-refractivity contribution in [2.24, 2.45) is 0 Å². The lowest BCUT2D eigenvalue weighted by atomic mass is 10.2. The summed E-state index contributed by atoms with van der Waals surface area (Å²) in [5.74, 6) is 0. The van der Waals surface area contributed by atoms with E-state index in [0.29, 0.717) is 10.1 Å². The van der Waals surface area contributed by atoms with Crippen LogP contribution in [0.4, 0.5) is 0 Å². The van der Waals surface area contributed by atoms with Gasteiger partial charge < -0.3 is 9.52 Å². The van der Waals surface area contributed by atoms with Crippen molar-refractivity contribution in [2.45, 2.75) is 51.6 Å². The Balaban J connectivity index is 3.75. The van der Waals surface area contributed by atoms with E-state index in [2.05, 4.69) is 41.5 Å². The first-order chi connectivity index (χ1) is 3.71. The Hall–Kier alpha value is 0.217. The van der Waals surface area contributed by atoms with E-state index in [0.717, 1.165) is 9.52 Å². The predicted molar refractivity (Wildman–Crippen MR) is 45.2 cm³/mol. The van der Waals surface area contributed by atoms with Crippen LogP contribution in [0.1, 0.15) is 41.5 Å². The van der Waals surface area contributed by atoms with Crippen LogP contribution in [-0.4, -0.2) is 9.52 Å². The molecule has 0 rings (SSSR count). The number of hydrogen-bond donors (Lipinski definition) is 0. The number of hydrogen-bond acceptors (Lipinski definition) is 0. The minimum atomic E-state index is 0.512. The van der Waals surface area contributed by atoms with Crippen molar-refractivity contribution >= 4 is 9.52 Å². The van der Waals surface area contributed by atoms with Gasteiger partial charge in [0.2, 0.25) is 0 Å². The highest BCUT2D eigenvalue weighted by molar-refractivity contribution is 6.43. The molecule has 0 heterocycles. The van der Waals surface area contributed by atoms with Gasteiger partial charge in [-0.15, -0.1) is 0 Å². The van der Waals surface area contributed by atoms with Gasteiger partial charge in [0.05, 0.1) is 0 Å². The first kappa shape index (κ1) is 9.22. The fourth-order valence-corrected chi connectivity index (χ4v) is 3.38. The molecule has 1 radical (unpaired) electrons. The van der Waals surface area contributed by atoms with Crippen LogP contribution in [0.5, 0.6) is 0 Å². The minimum absolute atomic E-state index is 0.512. The Morgan fingerprint density at radius 3 is 0.889 bits per heavy atom. The van der Waals surface area contributed by atoms with Crippen LogP contribution >= 0.6 is 0 Å². The zero-order chi connectivity index (χ0) is 7.71. The highest BCUT2D eigenvalue weighted by Gasteiger charge is 2.04. The zero-order valence-electron chi connectivity index (χ0n) is 7.50. The van der Waals surface area contributed by atoms with E-state index in [9.17, 15) is 0 Å². The second-order valence-electron chi connectivity index (χ2n) is 4.62. The van der Waals surface area contributed by atoms with Crippen molar-refractivity contribution in [1.29, 1.82) is 0 Å². The molecule has 0 saturated heterocycles. The van der Waals surface area contributed by atoms with Crippen LogP contribution in [0.25, 0.3) is 0 Å². The molecule has 0 aliphatic rings. The maximum Gasteiger partial charge on any atom is -0.0931 e. The van der Waals surface area contributed by atoms with Gasteiger partial charge in [-0.05, 0) is 0 Å². The Labute approximate surface area is 61.9 Å². The second kappa shape index (κ2) is 2.45. The van der Waals surface area contributed by atoms with Crippen LogP contribution in [0.3, 0.4) is 0 Å². The molecule has 0 aliphatic heterocycles.